The van der Waals surface area contributed by atoms with E-state index < -0.39 is 5.97 Å². The average Bonchev–Trinajstić information content (AvgIpc) is 3.07. The molecule has 0 aliphatic carbocycles. The van der Waals surface area contributed by atoms with Gasteiger partial charge in [-0.1, -0.05) is 6.07 Å². The minimum Gasteiger partial charge on any atom is -0.459 e. The Morgan fingerprint density at radius 1 is 1.17 bits per heavy atom. The van der Waals surface area contributed by atoms with Gasteiger partial charge in [-0.05, 0) is 44.4 Å². The Morgan fingerprint density at radius 2 is 1.97 bits per heavy atom. The lowest BCUT2D eigenvalue weighted by molar-refractivity contribution is -0.145. The molecule has 0 aromatic carbocycles. The molecule has 154 valence electrons. The molecule has 0 saturated heterocycles. The first-order valence-corrected chi connectivity index (χ1v) is 9.44. The number of fused-ring (bicyclic) bond motifs is 2. The maximum Gasteiger partial charge on any atom is 0.306 e. The van der Waals surface area contributed by atoms with E-state index in [0.717, 1.165) is 22.5 Å². The number of carbonyl (C=O) groups is 1. The molecule has 0 spiro atoms. The fraction of sp³-hybridized carbons (Fsp3) is 0.300. The maximum atomic E-state index is 12.3. The molecule has 4 rings (SSSR count). The van der Waals surface area contributed by atoms with Crippen molar-refractivity contribution in [2.45, 2.75) is 40.2 Å². The zero-order valence-corrected chi connectivity index (χ0v) is 16.9. The van der Waals surface area contributed by atoms with Crippen LogP contribution < -0.4 is 11.3 Å². The molecule has 0 atom stereocenters. The van der Waals surface area contributed by atoms with Crippen molar-refractivity contribution >= 4 is 23.3 Å². The Hall–Kier alpha value is -3.82. The second-order valence-corrected chi connectivity index (χ2v) is 7.12. The molecule has 0 amide bonds. The average molecular weight is 407 g/mol. The number of hydrogen-bond donors (Lipinski definition) is 1. The number of anilines is 1. The predicted molar refractivity (Wildman–Crippen MR) is 109 cm³/mol. The molecule has 4 aromatic heterocycles. The third-order valence-electron chi connectivity index (χ3n) is 4.89. The van der Waals surface area contributed by atoms with Crippen LogP contribution in [-0.2, 0) is 22.6 Å². The first-order valence-electron chi connectivity index (χ1n) is 9.44. The quantitative estimate of drug-likeness (QED) is 0.490. The first-order chi connectivity index (χ1) is 14.3. The van der Waals surface area contributed by atoms with E-state index in [0.29, 0.717) is 23.5 Å². The van der Waals surface area contributed by atoms with Gasteiger partial charge in [-0.25, -0.2) is 9.97 Å². The van der Waals surface area contributed by atoms with Gasteiger partial charge in [0, 0.05) is 30.1 Å². The topological polar surface area (TPSA) is 130 Å². The monoisotopic (exact) mass is 407 g/mol. The second kappa shape index (κ2) is 7.54. The fourth-order valence-electron chi connectivity index (χ4n) is 3.37. The lowest BCUT2D eigenvalue weighted by atomic mass is 10.1. The van der Waals surface area contributed by atoms with E-state index in [1.807, 2.05) is 26.8 Å². The van der Waals surface area contributed by atoms with Crippen LogP contribution in [0, 0.1) is 20.8 Å². The molecule has 0 radical (unpaired) electrons. The molecule has 0 fully saturated rings. The van der Waals surface area contributed by atoms with E-state index in [1.54, 1.807) is 16.8 Å². The molecule has 30 heavy (non-hydrogen) atoms. The van der Waals surface area contributed by atoms with Crippen molar-refractivity contribution in [1.82, 2.24) is 29.0 Å². The summed E-state index contributed by atoms with van der Waals surface area (Å²) in [5, 5.41) is 4.12. The maximum absolute atomic E-state index is 12.3. The number of rotatable bonds is 5. The normalized spacial score (nSPS) is 11.3. The summed E-state index contributed by atoms with van der Waals surface area (Å²) in [6.45, 7) is 5.57. The smallest absolute Gasteiger partial charge is 0.306 e. The molecule has 0 saturated carbocycles. The molecule has 4 aromatic rings. The highest BCUT2D eigenvalue weighted by Gasteiger charge is 2.15. The Labute approximate surface area is 171 Å². The van der Waals surface area contributed by atoms with Gasteiger partial charge < -0.3 is 10.5 Å². The van der Waals surface area contributed by atoms with E-state index in [9.17, 15) is 9.59 Å². The fourth-order valence-corrected chi connectivity index (χ4v) is 3.37. The molecule has 0 aliphatic rings. The molecule has 2 N–H and O–H groups in total. The minimum atomic E-state index is -0.391. The zero-order chi connectivity index (χ0) is 21.4. The molecule has 10 nitrogen and oxygen atoms in total. The Bertz CT molecular complexity index is 1340. The van der Waals surface area contributed by atoms with E-state index in [1.165, 1.54) is 10.5 Å². The first kappa shape index (κ1) is 19.5. The summed E-state index contributed by atoms with van der Waals surface area (Å²) in [4.78, 5) is 37.3. The molecule has 10 heteroatoms. The predicted octanol–water partition coefficient (Wildman–Crippen LogP) is 1.32. The zero-order valence-electron chi connectivity index (χ0n) is 16.9. The third kappa shape index (κ3) is 3.71. The van der Waals surface area contributed by atoms with Crippen molar-refractivity contribution in [3.63, 3.8) is 0 Å². The number of carbonyl (C=O) groups excluding carboxylic acids is 1. The van der Waals surface area contributed by atoms with Crippen LogP contribution in [-0.4, -0.2) is 34.9 Å². The SMILES string of the molecule is Cc1ccc2nc(COC(=O)CCc3c(C)nc4nc(N)nn4c3C)cc(=O)n2c1. The Kier molecular flexibility index (Phi) is 4.90. The van der Waals surface area contributed by atoms with Gasteiger partial charge in [0.15, 0.2) is 0 Å². The third-order valence-corrected chi connectivity index (χ3v) is 4.89. The molecular formula is C20H21N7O3. The summed E-state index contributed by atoms with van der Waals surface area (Å²) >= 11 is 0. The number of ether oxygens (including phenoxy) is 1. The number of pyridine rings is 1. The molecule has 0 bridgehead atoms. The lowest BCUT2D eigenvalue weighted by Crippen LogP contribution is -2.17. The number of esters is 1. The van der Waals surface area contributed by atoms with Gasteiger partial charge in [0.1, 0.15) is 12.3 Å². The Balaban J connectivity index is 1.43. The number of nitrogens with zero attached hydrogens (tertiary/aromatic N) is 6. The summed E-state index contributed by atoms with van der Waals surface area (Å²) in [6, 6.07) is 5.00. The van der Waals surface area contributed by atoms with Gasteiger partial charge in [0.2, 0.25) is 5.95 Å². The van der Waals surface area contributed by atoms with Gasteiger partial charge in [0.05, 0.1) is 5.69 Å². The summed E-state index contributed by atoms with van der Waals surface area (Å²) in [7, 11) is 0. The van der Waals surface area contributed by atoms with Crippen molar-refractivity contribution in [3.8, 4) is 0 Å². The number of aryl methyl sites for hydroxylation is 3. The number of nitrogen functional groups attached to an aromatic ring is 1. The van der Waals surface area contributed by atoms with Crippen LogP contribution in [0.15, 0.2) is 29.2 Å². The van der Waals surface area contributed by atoms with Crippen LogP contribution in [0.25, 0.3) is 11.4 Å². The van der Waals surface area contributed by atoms with Crippen LogP contribution >= 0.6 is 0 Å². The highest BCUT2D eigenvalue weighted by molar-refractivity contribution is 5.69. The van der Waals surface area contributed by atoms with E-state index in [2.05, 4.69) is 20.1 Å². The summed E-state index contributed by atoms with van der Waals surface area (Å²) < 4.78 is 8.36. The standard InChI is InChI=1S/C20H21N7O3/c1-11-4-6-16-23-14(8-17(28)26(16)9-11)10-30-18(29)7-5-15-12(2)22-20-24-19(21)25-27(20)13(15)3/h4,6,8-9H,5,7,10H2,1-3H3,(H2,21,25). The van der Waals surface area contributed by atoms with Gasteiger partial charge >= 0.3 is 5.97 Å². The van der Waals surface area contributed by atoms with Crippen LogP contribution in [0.5, 0.6) is 0 Å². The van der Waals surface area contributed by atoms with E-state index >= 15 is 0 Å². The highest BCUT2D eigenvalue weighted by atomic mass is 16.5. The minimum absolute atomic E-state index is 0.0622. The van der Waals surface area contributed by atoms with Gasteiger partial charge in [-0.15, -0.1) is 5.10 Å². The van der Waals surface area contributed by atoms with Gasteiger partial charge in [-0.2, -0.15) is 9.50 Å². The van der Waals surface area contributed by atoms with E-state index in [4.69, 9.17) is 10.5 Å². The van der Waals surface area contributed by atoms with Crippen LogP contribution in [0.1, 0.15) is 34.6 Å². The Morgan fingerprint density at radius 3 is 2.77 bits per heavy atom. The van der Waals surface area contributed by atoms with Crippen molar-refractivity contribution in [2.24, 2.45) is 0 Å². The van der Waals surface area contributed by atoms with Crippen molar-refractivity contribution < 1.29 is 9.53 Å². The second-order valence-electron chi connectivity index (χ2n) is 7.12. The summed E-state index contributed by atoms with van der Waals surface area (Å²) in [5.74, 6) is 0.186. The number of nitrogens with two attached hydrogens (primary N) is 1. The molecule has 0 unspecified atom stereocenters. The van der Waals surface area contributed by atoms with Crippen LogP contribution in [0.3, 0.4) is 0 Å². The molecular weight excluding hydrogens is 386 g/mol. The van der Waals surface area contributed by atoms with E-state index in [-0.39, 0.29) is 24.5 Å². The van der Waals surface area contributed by atoms with Crippen molar-refractivity contribution in [1.29, 1.82) is 0 Å². The summed E-state index contributed by atoms with van der Waals surface area (Å²) in [5.41, 5.74) is 9.78. The lowest BCUT2D eigenvalue weighted by Gasteiger charge is -2.10. The number of aromatic nitrogens is 6. The van der Waals surface area contributed by atoms with Crippen LogP contribution in [0.4, 0.5) is 5.95 Å². The number of hydrogen-bond acceptors (Lipinski definition) is 8. The van der Waals surface area contributed by atoms with Crippen molar-refractivity contribution in [3.05, 3.63) is 63.0 Å². The van der Waals surface area contributed by atoms with Crippen LogP contribution in [0.2, 0.25) is 0 Å². The largest absolute Gasteiger partial charge is 0.459 e. The summed E-state index contributed by atoms with van der Waals surface area (Å²) in [6.07, 6.45) is 2.32. The molecule has 4 heterocycles. The van der Waals surface area contributed by atoms with Gasteiger partial charge in [-0.3, -0.25) is 14.0 Å². The van der Waals surface area contributed by atoms with Gasteiger partial charge in [0.25, 0.3) is 11.3 Å². The molecule has 0 aliphatic heterocycles. The van der Waals surface area contributed by atoms with Crippen molar-refractivity contribution in [2.75, 3.05) is 5.73 Å². The highest BCUT2D eigenvalue weighted by Crippen LogP contribution is 2.16.